The van der Waals surface area contributed by atoms with Crippen LogP contribution in [0.3, 0.4) is 0 Å². The van der Waals surface area contributed by atoms with Gasteiger partial charge in [-0.2, -0.15) is 0 Å². The van der Waals surface area contributed by atoms with E-state index < -0.39 is 19.0 Å². The van der Waals surface area contributed by atoms with Crippen molar-refractivity contribution >= 4 is 24.8 Å². The van der Waals surface area contributed by atoms with E-state index in [1.165, 1.54) is 6.92 Å². The number of hydrogen-bond acceptors (Lipinski definition) is 6. The summed E-state index contributed by atoms with van der Waals surface area (Å²) in [7, 11) is -1.24. The van der Waals surface area contributed by atoms with Gasteiger partial charge in [-0.25, -0.2) is 0 Å². The van der Waals surface area contributed by atoms with Crippen molar-refractivity contribution < 1.29 is 28.8 Å². The van der Waals surface area contributed by atoms with Crippen LogP contribution in [0.4, 0.5) is 0 Å². The maximum absolute atomic E-state index is 12.0. The molecule has 1 aliphatic carbocycles. The Labute approximate surface area is 141 Å². The predicted octanol–water partition coefficient (Wildman–Crippen LogP) is 0.674. The summed E-state index contributed by atoms with van der Waals surface area (Å²) in [6.07, 6.45) is 4.75. The zero-order chi connectivity index (χ0) is 17.7. The van der Waals surface area contributed by atoms with Crippen molar-refractivity contribution in [3.63, 3.8) is 0 Å². The average Bonchev–Trinajstić information content (AvgIpc) is 2.53. The molecule has 130 valence electrons. The number of esters is 1. The summed E-state index contributed by atoms with van der Waals surface area (Å²) < 4.78 is 10.6. The molecule has 0 fully saturated rings. The molecule has 0 saturated carbocycles. The van der Waals surface area contributed by atoms with Gasteiger partial charge in [0.15, 0.2) is 0 Å². The lowest BCUT2D eigenvalue weighted by molar-refractivity contribution is -0.147. The summed E-state index contributed by atoms with van der Waals surface area (Å²) in [5.41, 5.74) is 0.765. The maximum Gasteiger partial charge on any atom is 0.546 e. The summed E-state index contributed by atoms with van der Waals surface area (Å²) in [6.45, 7) is 3.43. The van der Waals surface area contributed by atoms with Crippen LogP contribution >= 0.6 is 0 Å². The third kappa shape index (κ3) is 4.47. The highest BCUT2D eigenvalue weighted by molar-refractivity contribution is 6.46. The normalized spacial score (nSPS) is 22.5. The molecule has 2 rings (SSSR count). The second-order valence-corrected chi connectivity index (χ2v) is 5.92. The molecule has 24 heavy (non-hydrogen) atoms. The van der Waals surface area contributed by atoms with E-state index in [2.05, 4.69) is 5.32 Å². The monoisotopic (exact) mass is 335 g/mol. The van der Waals surface area contributed by atoms with Crippen molar-refractivity contribution in [2.75, 3.05) is 6.61 Å². The first-order valence-corrected chi connectivity index (χ1v) is 8.12. The Morgan fingerprint density at radius 1 is 1.42 bits per heavy atom. The van der Waals surface area contributed by atoms with E-state index >= 15 is 0 Å². The number of rotatable bonds is 6. The van der Waals surface area contributed by atoms with Crippen LogP contribution in [0.25, 0.3) is 0 Å². The fourth-order valence-corrected chi connectivity index (χ4v) is 2.77. The Kier molecular flexibility index (Phi) is 6.19. The van der Waals surface area contributed by atoms with Crippen molar-refractivity contribution in [3.05, 3.63) is 23.5 Å². The standard InChI is InChI=1S/C16H22BNO6/c1-3-23-16(21)12-6-4-5-11-9-13(17(22)24-15(11)12)18-14(20)8-7-10(2)19/h4-5,12-13,22H,3,6-9H2,1-2H3,(H,18,20)/t12?,13-/m0/s1. The number of Topliss-reactive ketones (excluding diaryl/α,β-unsaturated/α-hetero) is 1. The number of ketones is 1. The van der Waals surface area contributed by atoms with Gasteiger partial charge in [0, 0.05) is 12.8 Å². The zero-order valence-corrected chi connectivity index (χ0v) is 13.9. The van der Waals surface area contributed by atoms with Gasteiger partial charge in [0.05, 0.1) is 18.3 Å². The van der Waals surface area contributed by atoms with E-state index in [9.17, 15) is 19.4 Å². The molecular weight excluding hydrogens is 313 g/mol. The van der Waals surface area contributed by atoms with Crippen LogP contribution in [-0.2, 0) is 23.8 Å². The van der Waals surface area contributed by atoms with Crippen LogP contribution < -0.4 is 5.32 Å². The molecular formula is C16H22BNO6. The fraction of sp³-hybridized carbons (Fsp3) is 0.562. The third-order valence-corrected chi connectivity index (χ3v) is 3.98. The number of carbonyl (C=O) groups is 3. The first kappa shape index (κ1) is 18.3. The van der Waals surface area contributed by atoms with Gasteiger partial charge in [-0.05, 0) is 32.3 Å². The molecule has 0 aromatic rings. The zero-order valence-electron chi connectivity index (χ0n) is 13.9. The quantitative estimate of drug-likeness (QED) is 0.547. The topological polar surface area (TPSA) is 102 Å². The van der Waals surface area contributed by atoms with E-state index in [0.29, 0.717) is 18.6 Å². The summed E-state index contributed by atoms with van der Waals surface area (Å²) in [5, 5.41) is 12.8. The second kappa shape index (κ2) is 8.14. The Morgan fingerprint density at radius 2 is 2.17 bits per heavy atom. The lowest BCUT2D eigenvalue weighted by atomic mass is 9.70. The molecule has 2 atom stereocenters. The van der Waals surface area contributed by atoms with Crippen LogP contribution in [0.15, 0.2) is 23.5 Å². The van der Waals surface area contributed by atoms with Crippen molar-refractivity contribution in [1.82, 2.24) is 5.32 Å². The van der Waals surface area contributed by atoms with Gasteiger partial charge in [0.25, 0.3) is 0 Å². The van der Waals surface area contributed by atoms with Crippen LogP contribution in [0.1, 0.15) is 39.5 Å². The van der Waals surface area contributed by atoms with Crippen molar-refractivity contribution in [2.45, 2.75) is 45.5 Å². The Bertz CT molecular complexity index is 585. The van der Waals surface area contributed by atoms with Crippen LogP contribution in [0, 0.1) is 5.92 Å². The van der Waals surface area contributed by atoms with Crippen LogP contribution in [0.5, 0.6) is 0 Å². The highest BCUT2D eigenvalue weighted by atomic mass is 16.5. The Morgan fingerprint density at radius 3 is 2.83 bits per heavy atom. The van der Waals surface area contributed by atoms with Gasteiger partial charge < -0.3 is 24.5 Å². The van der Waals surface area contributed by atoms with Gasteiger partial charge in [0.2, 0.25) is 5.91 Å². The minimum atomic E-state index is -1.24. The molecule has 2 aliphatic rings. The minimum Gasteiger partial charge on any atom is -0.537 e. The Balaban J connectivity index is 2.03. The number of ether oxygens (including phenoxy) is 1. The average molecular weight is 335 g/mol. The largest absolute Gasteiger partial charge is 0.546 e. The smallest absolute Gasteiger partial charge is 0.537 e. The molecule has 0 bridgehead atoms. The van der Waals surface area contributed by atoms with E-state index in [1.54, 1.807) is 6.92 Å². The molecule has 1 unspecified atom stereocenters. The molecule has 1 heterocycles. The van der Waals surface area contributed by atoms with Gasteiger partial charge in [-0.15, -0.1) is 0 Å². The lowest BCUT2D eigenvalue weighted by Crippen LogP contribution is -2.51. The maximum atomic E-state index is 12.0. The van der Waals surface area contributed by atoms with Gasteiger partial charge in [0.1, 0.15) is 11.7 Å². The van der Waals surface area contributed by atoms with Gasteiger partial charge in [-0.3, -0.25) is 9.59 Å². The van der Waals surface area contributed by atoms with E-state index in [4.69, 9.17) is 9.39 Å². The molecule has 8 heteroatoms. The minimum absolute atomic E-state index is 0.0666. The summed E-state index contributed by atoms with van der Waals surface area (Å²) in [5.74, 6) is -1.53. The number of hydrogen-bond donors (Lipinski definition) is 2. The molecule has 0 aromatic carbocycles. The molecule has 7 nitrogen and oxygen atoms in total. The van der Waals surface area contributed by atoms with Crippen molar-refractivity contribution in [1.29, 1.82) is 0 Å². The summed E-state index contributed by atoms with van der Waals surface area (Å²) >= 11 is 0. The van der Waals surface area contributed by atoms with Gasteiger partial charge in [-0.1, -0.05) is 12.2 Å². The molecule has 2 N–H and O–H groups in total. The third-order valence-electron chi connectivity index (χ3n) is 3.98. The number of allylic oxidation sites excluding steroid dienone is 2. The highest BCUT2D eigenvalue weighted by Crippen LogP contribution is 2.34. The second-order valence-electron chi connectivity index (χ2n) is 5.92. The van der Waals surface area contributed by atoms with Crippen molar-refractivity contribution in [2.24, 2.45) is 5.92 Å². The van der Waals surface area contributed by atoms with E-state index in [1.807, 2.05) is 12.2 Å². The number of amides is 1. The molecule has 0 radical (unpaired) electrons. The first-order valence-electron chi connectivity index (χ1n) is 8.12. The fourth-order valence-electron chi connectivity index (χ4n) is 2.77. The molecule has 0 spiro atoms. The van der Waals surface area contributed by atoms with Crippen LogP contribution in [0.2, 0.25) is 0 Å². The lowest BCUT2D eigenvalue weighted by Gasteiger charge is -2.33. The molecule has 1 aliphatic heterocycles. The molecule has 1 amide bonds. The molecule has 0 saturated heterocycles. The molecule has 0 aromatic heterocycles. The van der Waals surface area contributed by atoms with Gasteiger partial charge >= 0.3 is 13.1 Å². The summed E-state index contributed by atoms with van der Waals surface area (Å²) in [4.78, 5) is 34.8. The SMILES string of the molecule is CCOC(=O)C1CC=CC2=C1OB(O)[C@@H](NC(=O)CCC(C)=O)C2. The van der Waals surface area contributed by atoms with Crippen LogP contribution in [-0.4, -0.2) is 42.4 Å². The Hall–Kier alpha value is -2.09. The highest BCUT2D eigenvalue weighted by Gasteiger charge is 2.41. The number of nitrogens with one attached hydrogen (secondary N) is 1. The van der Waals surface area contributed by atoms with Crippen molar-refractivity contribution in [3.8, 4) is 0 Å². The number of carbonyl (C=O) groups excluding carboxylic acids is 3. The first-order chi connectivity index (χ1) is 11.4. The summed E-state index contributed by atoms with van der Waals surface area (Å²) in [6, 6.07) is 0. The predicted molar refractivity (Wildman–Crippen MR) is 86.4 cm³/mol. The van der Waals surface area contributed by atoms with E-state index in [-0.39, 0.29) is 37.1 Å². The van der Waals surface area contributed by atoms with E-state index in [0.717, 1.165) is 5.57 Å².